The summed E-state index contributed by atoms with van der Waals surface area (Å²) in [6, 6.07) is 7.75. The summed E-state index contributed by atoms with van der Waals surface area (Å²) in [4.78, 5) is 26.4. The number of benzene rings is 1. The lowest BCUT2D eigenvalue weighted by Gasteiger charge is -2.09. The summed E-state index contributed by atoms with van der Waals surface area (Å²) < 4.78 is 6.88. The van der Waals surface area contributed by atoms with Gasteiger partial charge in [-0.05, 0) is 31.9 Å². The topological polar surface area (TPSA) is 76.1 Å². The van der Waals surface area contributed by atoms with Gasteiger partial charge in [0.25, 0.3) is 0 Å². The third-order valence-corrected chi connectivity index (χ3v) is 3.96. The van der Waals surface area contributed by atoms with Crippen molar-refractivity contribution in [3.63, 3.8) is 0 Å². The Kier molecular flexibility index (Phi) is 5.62. The number of H-pyrrole nitrogens is 1. The van der Waals surface area contributed by atoms with Gasteiger partial charge in [-0.25, -0.2) is 4.79 Å². The molecular formula is C17H23N3O3. The van der Waals surface area contributed by atoms with Crippen molar-refractivity contribution < 1.29 is 9.53 Å². The largest absolute Gasteiger partial charge is 0.496 e. The Bertz CT molecular complexity index is 731. The second kappa shape index (κ2) is 7.67. The number of aromatic nitrogens is 2. The van der Waals surface area contributed by atoms with Crippen LogP contribution in [0.3, 0.4) is 0 Å². The van der Waals surface area contributed by atoms with Crippen molar-refractivity contribution >= 4 is 5.91 Å². The molecule has 2 rings (SSSR count). The summed E-state index contributed by atoms with van der Waals surface area (Å²) in [5.74, 6) is 0.761. The molecule has 1 amide bonds. The summed E-state index contributed by atoms with van der Waals surface area (Å²) >= 11 is 0. The third kappa shape index (κ3) is 4.25. The third-order valence-electron chi connectivity index (χ3n) is 3.96. The van der Waals surface area contributed by atoms with Crippen LogP contribution < -0.4 is 15.7 Å². The first-order valence-corrected chi connectivity index (χ1v) is 7.67. The molecule has 0 radical (unpaired) electrons. The number of ether oxygens (including phenoxy) is 1. The average molecular weight is 317 g/mol. The number of aryl methyl sites for hydroxylation is 1. The van der Waals surface area contributed by atoms with E-state index in [1.165, 1.54) is 0 Å². The van der Waals surface area contributed by atoms with E-state index in [2.05, 4.69) is 10.3 Å². The number of carbonyl (C=O) groups excluding carboxylic acids is 1. The maximum Gasteiger partial charge on any atom is 0.325 e. The zero-order valence-corrected chi connectivity index (χ0v) is 13.8. The van der Waals surface area contributed by atoms with E-state index < -0.39 is 0 Å². The Morgan fingerprint density at radius 1 is 1.30 bits per heavy atom. The first-order valence-electron chi connectivity index (χ1n) is 7.67. The predicted octanol–water partition coefficient (Wildman–Crippen LogP) is 1.55. The fourth-order valence-corrected chi connectivity index (χ4v) is 2.49. The van der Waals surface area contributed by atoms with Crippen LogP contribution in [0.15, 0.2) is 29.1 Å². The van der Waals surface area contributed by atoms with Gasteiger partial charge < -0.3 is 15.0 Å². The Morgan fingerprint density at radius 3 is 2.70 bits per heavy atom. The van der Waals surface area contributed by atoms with E-state index >= 15 is 0 Å². The molecule has 0 spiro atoms. The molecule has 1 aromatic carbocycles. The van der Waals surface area contributed by atoms with Crippen molar-refractivity contribution in [1.82, 2.24) is 14.9 Å². The summed E-state index contributed by atoms with van der Waals surface area (Å²) in [6.07, 6.45) is 0.988. The zero-order valence-electron chi connectivity index (χ0n) is 13.8. The monoisotopic (exact) mass is 317 g/mol. The number of carbonyl (C=O) groups is 1. The molecule has 124 valence electrons. The number of aromatic amines is 1. The minimum Gasteiger partial charge on any atom is -0.496 e. The molecule has 6 nitrogen and oxygen atoms in total. The molecular weight excluding hydrogens is 294 g/mol. The number of hydrogen-bond donors (Lipinski definition) is 2. The molecule has 1 heterocycles. The van der Waals surface area contributed by atoms with E-state index in [9.17, 15) is 9.59 Å². The number of para-hydroxylation sites is 1. The van der Waals surface area contributed by atoms with Gasteiger partial charge in [-0.2, -0.15) is 0 Å². The van der Waals surface area contributed by atoms with Crippen molar-refractivity contribution in [3.05, 3.63) is 51.7 Å². The van der Waals surface area contributed by atoms with Crippen LogP contribution in [0.4, 0.5) is 0 Å². The van der Waals surface area contributed by atoms with Crippen LogP contribution in [0.1, 0.15) is 23.4 Å². The number of nitrogens with zero attached hydrogens (tertiary/aromatic N) is 1. The van der Waals surface area contributed by atoms with Crippen molar-refractivity contribution in [1.29, 1.82) is 0 Å². The van der Waals surface area contributed by atoms with Gasteiger partial charge in [0, 0.05) is 30.9 Å². The van der Waals surface area contributed by atoms with Crippen LogP contribution >= 0.6 is 0 Å². The summed E-state index contributed by atoms with van der Waals surface area (Å²) in [6.45, 7) is 4.64. The SMILES string of the molecule is COc1ccccc1CCNC(=O)CCn1c(C)c(C)[nH]c1=O. The normalized spacial score (nSPS) is 10.6. The lowest BCUT2D eigenvalue weighted by molar-refractivity contribution is -0.121. The molecule has 0 atom stereocenters. The first kappa shape index (κ1) is 16.9. The van der Waals surface area contributed by atoms with Gasteiger partial charge in [-0.1, -0.05) is 18.2 Å². The fraction of sp³-hybridized carbons (Fsp3) is 0.412. The number of imidazole rings is 1. The van der Waals surface area contributed by atoms with E-state index in [1.54, 1.807) is 11.7 Å². The average Bonchev–Trinajstić information content (AvgIpc) is 2.78. The van der Waals surface area contributed by atoms with Gasteiger partial charge in [0.05, 0.1) is 7.11 Å². The molecule has 0 saturated carbocycles. The quantitative estimate of drug-likeness (QED) is 0.813. The van der Waals surface area contributed by atoms with Gasteiger partial charge in [0.2, 0.25) is 5.91 Å². The van der Waals surface area contributed by atoms with Crippen LogP contribution in [0.25, 0.3) is 0 Å². The molecule has 2 N–H and O–H groups in total. The van der Waals surface area contributed by atoms with Gasteiger partial charge in [-0.3, -0.25) is 9.36 Å². The lowest BCUT2D eigenvalue weighted by atomic mass is 10.1. The molecule has 6 heteroatoms. The van der Waals surface area contributed by atoms with Gasteiger partial charge in [-0.15, -0.1) is 0 Å². The molecule has 0 bridgehead atoms. The molecule has 0 aliphatic rings. The van der Waals surface area contributed by atoms with Crippen LogP contribution in [-0.2, 0) is 17.8 Å². The molecule has 0 fully saturated rings. The minimum absolute atomic E-state index is 0.0648. The van der Waals surface area contributed by atoms with Crippen molar-refractivity contribution in [2.75, 3.05) is 13.7 Å². The molecule has 1 aromatic heterocycles. The van der Waals surface area contributed by atoms with Crippen molar-refractivity contribution in [3.8, 4) is 5.75 Å². The zero-order chi connectivity index (χ0) is 16.8. The number of amides is 1. The van der Waals surface area contributed by atoms with Crippen LogP contribution in [-0.4, -0.2) is 29.1 Å². The fourth-order valence-electron chi connectivity index (χ4n) is 2.49. The van der Waals surface area contributed by atoms with E-state index in [4.69, 9.17) is 4.74 Å². The Labute approximate surface area is 135 Å². The smallest absolute Gasteiger partial charge is 0.325 e. The van der Waals surface area contributed by atoms with Gasteiger partial charge >= 0.3 is 5.69 Å². The number of methoxy groups -OCH3 is 1. The standard InChI is InChI=1S/C17H23N3O3/c1-12-13(2)20(17(22)19-12)11-9-16(21)18-10-8-14-6-4-5-7-15(14)23-3/h4-7H,8-11H2,1-3H3,(H,18,21)(H,19,22). The molecule has 0 unspecified atom stereocenters. The highest BCUT2D eigenvalue weighted by atomic mass is 16.5. The maximum absolute atomic E-state index is 11.9. The van der Waals surface area contributed by atoms with Crippen molar-refractivity contribution in [2.24, 2.45) is 0 Å². The highest BCUT2D eigenvalue weighted by Gasteiger charge is 2.09. The Morgan fingerprint density at radius 2 is 2.04 bits per heavy atom. The van der Waals surface area contributed by atoms with E-state index in [-0.39, 0.29) is 18.0 Å². The molecule has 0 saturated heterocycles. The first-order chi connectivity index (χ1) is 11.0. The van der Waals surface area contributed by atoms with E-state index in [1.807, 2.05) is 38.1 Å². The molecule has 23 heavy (non-hydrogen) atoms. The van der Waals surface area contributed by atoms with Crippen molar-refractivity contribution in [2.45, 2.75) is 33.2 Å². The Balaban J connectivity index is 1.80. The number of hydrogen-bond acceptors (Lipinski definition) is 3. The highest BCUT2D eigenvalue weighted by molar-refractivity contribution is 5.75. The van der Waals surface area contributed by atoms with Crippen LogP contribution in [0.5, 0.6) is 5.75 Å². The van der Waals surface area contributed by atoms with Gasteiger partial charge in [0.15, 0.2) is 0 Å². The predicted molar refractivity (Wildman–Crippen MR) is 88.9 cm³/mol. The number of nitrogens with one attached hydrogen (secondary N) is 2. The van der Waals surface area contributed by atoms with E-state index in [0.717, 1.165) is 22.7 Å². The van der Waals surface area contributed by atoms with Crippen LogP contribution in [0.2, 0.25) is 0 Å². The second-order valence-electron chi connectivity index (χ2n) is 5.45. The van der Waals surface area contributed by atoms with Gasteiger partial charge in [0.1, 0.15) is 5.75 Å². The summed E-state index contributed by atoms with van der Waals surface area (Å²) in [5, 5.41) is 2.88. The molecule has 0 aliphatic heterocycles. The van der Waals surface area contributed by atoms with Crippen LogP contribution in [0, 0.1) is 13.8 Å². The summed E-state index contributed by atoms with van der Waals surface area (Å²) in [7, 11) is 1.64. The molecule has 2 aromatic rings. The highest BCUT2D eigenvalue weighted by Crippen LogP contribution is 2.17. The number of rotatable bonds is 7. The second-order valence-corrected chi connectivity index (χ2v) is 5.45. The summed E-state index contributed by atoms with van der Waals surface area (Å²) in [5.41, 5.74) is 2.61. The maximum atomic E-state index is 11.9. The lowest BCUT2D eigenvalue weighted by Crippen LogP contribution is -2.28. The Hall–Kier alpha value is -2.50. The molecule has 0 aliphatic carbocycles. The van der Waals surface area contributed by atoms with E-state index in [0.29, 0.717) is 19.5 Å². The minimum atomic E-state index is -0.165.